The quantitative estimate of drug-likeness (QED) is 0.644. The second-order valence-electron chi connectivity index (χ2n) is 7.64. The lowest BCUT2D eigenvalue weighted by Gasteiger charge is -2.28. The van der Waals surface area contributed by atoms with E-state index in [0.717, 1.165) is 53.1 Å². The summed E-state index contributed by atoms with van der Waals surface area (Å²) in [4.78, 5) is 9.09. The minimum absolute atomic E-state index is 0.204. The second-order valence-corrected chi connectivity index (χ2v) is 7.64. The van der Waals surface area contributed by atoms with Crippen LogP contribution in [0.25, 0.3) is 10.9 Å². The zero-order valence-electron chi connectivity index (χ0n) is 16.7. The molecule has 150 valence electrons. The molecule has 3 aromatic rings. The van der Waals surface area contributed by atoms with E-state index in [2.05, 4.69) is 43.8 Å². The van der Waals surface area contributed by atoms with Gasteiger partial charge < -0.3 is 15.4 Å². The first-order valence-corrected chi connectivity index (χ1v) is 9.94. The third kappa shape index (κ3) is 3.78. The van der Waals surface area contributed by atoms with Crippen LogP contribution in [0.15, 0.2) is 47.7 Å². The lowest BCUT2D eigenvalue weighted by molar-refractivity contribution is 0.142. The minimum atomic E-state index is 0.204. The van der Waals surface area contributed by atoms with Crippen molar-refractivity contribution in [1.82, 2.24) is 20.3 Å². The van der Waals surface area contributed by atoms with Crippen LogP contribution in [0.5, 0.6) is 5.75 Å². The van der Waals surface area contributed by atoms with Gasteiger partial charge in [-0.15, -0.1) is 6.42 Å². The van der Waals surface area contributed by atoms with E-state index < -0.39 is 0 Å². The Labute approximate surface area is 175 Å². The number of likely N-dealkylation sites (N-methyl/N-ethyl adjacent to an activating group) is 1. The Balaban J connectivity index is 1.45. The smallest absolute Gasteiger partial charge is 0.227 e. The van der Waals surface area contributed by atoms with Gasteiger partial charge in [-0.25, -0.2) is 9.97 Å². The maximum Gasteiger partial charge on any atom is 0.227 e. The van der Waals surface area contributed by atoms with Crippen molar-refractivity contribution < 1.29 is 4.74 Å². The molecule has 2 aliphatic rings. The van der Waals surface area contributed by atoms with Crippen LogP contribution < -0.4 is 15.4 Å². The molecule has 0 bridgehead atoms. The molecular formula is C23H22N6O. The predicted molar refractivity (Wildman–Crippen MR) is 118 cm³/mol. The van der Waals surface area contributed by atoms with Crippen LogP contribution in [-0.2, 0) is 0 Å². The maximum absolute atomic E-state index is 6.13. The summed E-state index contributed by atoms with van der Waals surface area (Å²) in [6.45, 7) is 2.58. The number of benzene rings is 2. The summed E-state index contributed by atoms with van der Waals surface area (Å²) in [6.07, 6.45) is 9.44. The van der Waals surface area contributed by atoms with Crippen LogP contribution in [0.4, 0.5) is 11.6 Å². The average molecular weight is 398 g/mol. The molecule has 7 heteroatoms. The molecule has 30 heavy (non-hydrogen) atoms. The van der Waals surface area contributed by atoms with E-state index in [0.29, 0.717) is 5.95 Å². The molecule has 1 unspecified atom stereocenters. The lowest BCUT2D eigenvalue weighted by atomic mass is 10.00. The number of hydrogen-bond donors (Lipinski definition) is 2. The van der Waals surface area contributed by atoms with Gasteiger partial charge in [-0.1, -0.05) is 5.92 Å². The summed E-state index contributed by atoms with van der Waals surface area (Å²) >= 11 is 0. The molecule has 5 rings (SSSR count). The fourth-order valence-corrected chi connectivity index (χ4v) is 3.59. The Hall–Kier alpha value is -3.63. The highest BCUT2D eigenvalue weighted by atomic mass is 16.5. The molecule has 0 aliphatic carbocycles. The van der Waals surface area contributed by atoms with Gasteiger partial charge in [0.25, 0.3) is 0 Å². The SMILES string of the molecule is C#Cc1ccc2nc(Nc3cc(OC4CNC4)cc(C4C=NN(C)C4)c3)ncc2c1. The summed E-state index contributed by atoms with van der Waals surface area (Å²) in [5, 5.41) is 13.8. The molecule has 1 aromatic heterocycles. The monoisotopic (exact) mass is 398 g/mol. The molecule has 1 saturated heterocycles. The van der Waals surface area contributed by atoms with Crippen LogP contribution >= 0.6 is 0 Å². The second kappa shape index (κ2) is 7.65. The van der Waals surface area contributed by atoms with E-state index in [1.54, 1.807) is 6.20 Å². The van der Waals surface area contributed by atoms with Gasteiger partial charge in [0.05, 0.1) is 5.52 Å². The van der Waals surface area contributed by atoms with Crippen LogP contribution in [0.1, 0.15) is 17.0 Å². The van der Waals surface area contributed by atoms with E-state index in [1.165, 1.54) is 0 Å². The van der Waals surface area contributed by atoms with Gasteiger partial charge in [-0.3, -0.25) is 5.01 Å². The molecule has 0 saturated carbocycles. The number of aromatic nitrogens is 2. The molecule has 3 heterocycles. The predicted octanol–water partition coefficient (Wildman–Crippen LogP) is 2.72. The largest absolute Gasteiger partial charge is 0.488 e. The van der Waals surface area contributed by atoms with Crippen molar-refractivity contribution in [3.63, 3.8) is 0 Å². The number of nitrogens with zero attached hydrogens (tertiary/aromatic N) is 4. The number of ether oxygens (including phenoxy) is 1. The van der Waals surface area contributed by atoms with Gasteiger partial charge in [0.2, 0.25) is 5.95 Å². The number of anilines is 2. The highest BCUT2D eigenvalue weighted by molar-refractivity contribution is 5.81. The minimum Gasteiger partial charge on any atom is -0.488 e. The molecule has 0 amide bonds. The highest BCUT2D eigenvalue weighted by Gasteiger charge is 2.22. The van der Waals surface area contributed by atoms with E-state index in [4.69, 9.17) is 11.2 Å². The topological polar surface area (TPSA) is 74.7 Å². The average Bonchev–Trinajstić information content (AvgIpc) is 3.16. The lowest BCUT2D eigenvalue weighted by Crippen LogP contribution is -2.50. The van der Waals surface area contributed by atoms with Gasteiger partial charge in [0.1, 0.15) is 11.9 Å². The summed E-state index contributed by atoms with van der Waals surface area (Å²) in [5.74, 6) is 4.22. The molecule has 2 aromatic carbocycles. The van der Waals surface area contributed by atoms with Crippen LogP contribution in [0.3, 0.4) is 0 Å². The standard InChI is InChI=1S/C23H22N6O/c1-3-15-4-5-22-17(6-15)10-25-23(28-22)27-19-7-16(18-11-26-29(2)14-18)8-20(9-19)30-21-12-24-13-21/h1,4-11,18,21,24H,12-14H2,2H3,(H,25,27,28). The first-order valence-electron chi connectivity index (χ1n) is 9.94. The van der Waals surface area contributed by atoms with Crippen molar-refractivity contribution in [1.29, 1.82) is 0 Å². The van der Waals surface area contributed by atoms with Gasteiger partial charge in [-0.2, -0.15) is 5.10 Å². The molecule has 1 atom stereocenters. The number of hydrazone groups is 1. The van der Waals surface area contributed by atoms with Gasteiger partial charge in [0, 0.05) is 67.7 Å². The van der Waals surface area contributed by atoms with Crippen molar-refractivity contribution in [3.8, 4) is 18.1 Å². The van der Waals surface area contributed by atoms with Gasteiger partial charge in [0.15, 0.2) is 0 Å². The maximum atomic E-state index is 6.13. The molecular weight excluding hydrogens is 376 g/mol. The molecule has 7 nitrogen and oxygen atoms in total. The zero-order chi connectivity index (χ0) is 20.5. The van der Waals surface area contributed by atoms with E-state index in [9.17, 15) is 0 Å². The third-order valence-electron chi connectivity index (χ3n) is 5.31. The Morgan fingerprint density at radius 1 is 1.23 bits per heavy atom. The van der Waals surface area contributed by atoms with Gasteiger partial charge >= 0.3 is 0 Å². The summed E-state index contributed by atoms with van der Waals surface area (Å²) < 4.78 is 6.13. The van der Waals surface area contributed by atoms with Crippen LogP contribution in [0, 0.1) is 12.3 Å². The number of terminal acetylenes is 1. The fourth-order valence-electron chi connectivity index (χ4n) is 3.59. The number of rotatable bonds is 5. The van der Waals surface area contributed by atoms with E-state index in [1.807, 2.05) is 42.5 Å². The molecule has 0 radical (unpaired) electrons. The Morgan fingerprint density at radius 2 is 2.13 bits per heavy atom. The summed E-state index contributed by atoms with van der Waals surface area (Å²) in [7, 11) is 1.98. The van der Waals surface area contributed by atoms with Crippen molar-refractivity contribution in [2.24, 2.45) is 5.10 Å². The van der Waals surface area contributed by atoms with Crippen LogP contribution in [-0.4, -0.2) is 54.0 Å². The van der Waals surface area contributed by atoms with Gasteiger partial charge in [-0.05, 0) is 35.9 Å². The number of nitrogens with one attached hydrogen (secondary N) is 2. The van der Waals surface area contributed by atoms with Crippen molar-refractivity contribution in [2.45, 2.75) is 12.0 Å². The Bertz CT molecular complexity index is 1160. The normalized spacial score (nSPS) is 18.3. The molecule has 2 N–H and O–H groups in total. The van der Waals surface area contributed by atoms with Crippen molar-refractivity contribution in [3.05, 3.63) is 53.7 Å². The fraction of sp³-hybridized carbons (Fsp3) is 0.261. The Kier molecular flexibility index (Phi) is 4.69. The zero-order valence-corrected chi connectivity index (χ0v) is 16.7. The van der Waals surface area contributed by atoms with E-state index in [-0.39, 0.29) is 12.0 Å². The molecule has 0 spiro atoms. The first kappa shape index (κ1) is 18.4. The number of hydrogen-bond acceptors (Lipinski definition) is 7. The van der Waals surface area contributed by atoms with Crippen molar-refractivity contribution >= 4 is 28.8 Å². The Morgan fingerprint density at radius 3 is 2.87 bits per heavy atom. The first-order chi connectivity index (χ1) is 14.7. The summed E-state index contributed by atoms with van der Waals surface area (Å²) in [6, 6.07) is 11.9. The third-order valence-corrected chi connectivity index (χ3v) is 5.31. The number of fused-ring (bicyclic) bond motifs is 1. The summed E-state index contributed by atoms with van der Waals surface area (Å²) in [5.41, 5.74) is 3.69. The highest BCUT2D eigenvalue weighted by Crippen LogP contribution is 2.30. The molecule has 2 aliphatic heterocycles. The van der Waals surface area contributed by atoms with Crippen LogP contribution in [0.2, 0.25) is 0 Å². The van der Waals surface area contributed by atoms with Crippen molar-refractivity contribution in [2.75, 3.05) is 32.0 Å². The van der Waals surface area contributed by atoms with E-state index >= 15 is 0 Å². The molecule has 1 fully saturated rings.